The minimum Gasteiger partial charge on any atom is -0.465 e. The number of nitrogens with one attached hydrogen (secondary N) is 1. The Morgan fingerprint density at radius 1 is 1.21 bits per heavy atom. The zero-order valence-corrected chi connectivity index (χ0v) is 16.9. The Morgan fingerprint density at radius 3 is 2.75 bits per heavy atom. The molecule has 0 fully saturated rings. The van der Waals surface area contributed by atoms with Gasteiger partial charge in [-0.2, -0.15) is 0 Å². The number of aryl methyl sites for hydroxylation is 1. The fraction of sp³-hybridized carbons (Fsp3) is 0.150. The number of thiazole rings is 1. The zero-order chi connectivity index (χ0) is 19.7. The third-order valence-electron chi connectivity index (χ3n) is 4.33. The lowest BCUT2D eigenvalue weighted by molar-refractivity contribution is 0.0605. The molecule has 6 nitrogen and oxygen atoms in total. The molecule has 1 N–H and O–H groups in total. The molecule has 0 unspecified atom stereocenters. The van der Waals surface area contributed by atoms with Crippen LogP contribution < -0.4 is 5.32 Å². The van der Waals surface area contributed by atoms with Crippen molar-refractivity contribution in [3.05, 3.63) is 69.7 Å². The number of nitrogens with zero attached hydrogens (tertiary/aromatic N) is 2. The van der Waals surface area contributed by atoms with Crippen LogP contribution in [-0.2, 0) is 11.3 Å². The first-order valence-corrected chi connectivity index (χ1v) is 10.2. The van der Waals surface area contributed by atoms with Gasteiger partial charge in [0.2, 0.25) is 0 Å². The van der Waals surface area contributed by atoms with Crippen molar-refractivity contribution in [1.29, 1.82) is 0 Å². The maximum absolute atomic E-state index is 13.0. The molecule has 8 heteroatoms. The molecule has 0 radical (unpaired) electrons. The molecule has 0 saturated heterocycles. The van der Waals surface area contributed by atoms with Gasteiger partial charge in [0.05, 0.1) is 23.0 Å². The molecule has 0 bridgehead atoms. The highest BCUT2D eigenvalue weighted by atomic mass is 32.1. The summed E-state index contributed by atoms with van der Waals surface area (Å²) in [6.45, 7) is 2.31. The van der Waals surface area contributed by atoms with Gasteiger partial charge < -0.3 is 9.30 Å². The Kier molecular flexibility index (Phi) is 4.97. The fourth-order valence-electron chi connectivity index (χ4n) is 2.99. The summed E-state index contributed by atoms with van der Waals surface area (Å²) in [7, 11) is 1.32. The van der Waals surface area contributed by atoms with E-state index < -0.39 is 5.97 Å². The predicted octanol–water partition coefficient (Wildman–Crippen LogP) is 4.55. The minimum atomic E-state index is -0.455. The van der Waals surface area contributed by atoms with Crippen molar-refractivity contribution in [3.63, 3.8) is 0 Å². The summed E-state index contributed by atoms with van der Waals surface area (Å²) in [5, 5.41) is 5.21. The van der Waals surface area contributed by atoms with Gasteiger partial charge in [-0.3, -0.25) is 10.1 Å². The largest absolute Gasteiger partial charge is 0.465 e. The van der Waals surface area contributed by atoms with Crippen molar-refractivity contribution in [1.82, 2.24) is 9.55 Å². The van der Waals surface area contributed by atoms with Crippen LogP contribution in [0.5, 0.6) is 0 Å². The van der Waals surface area contributed by atoms with Gasteiger partial charge in [0.25, 0.3) is 5.91 Å². The van der Waals surface area contributed by atoms with Crippen LogP contribution in [0.3, 0.4) is 0 Å². The standard InChI is InChI=1S/C20H17N3O3S2/c1-12-17(19(25)26-2)28-20(21-12)22-18(24)15-10-16-14(8-9-27-16)23(15)11-13-6-4-3-5-7-13/h3-10H,11H2,1-2H3,(H,21,22,24). The number of carbonyl (C=O) groups excluding carboxylic acids is 2. The van der Waals surface area contributed by atoms with E-state index in [0.717, 1.165) is 27.1 Å². The van der Waals surface area contributed by atoms with Gasteiger partial charge in [-0.1, -0.05) is 41.7 Å². The summed E-state index contributed by atoms with van der Waals surface area (Å²) in [5.74, 6) is -0.715. The molecule has 142 valence electrons. The summed E-state index contributed by atoms with van der Waals surface area (Å²) >= 11 is 2.70. The number of hydrogen-bond donors (Lipinski definition) is 1. The van der Waals surface area contributed by atoms with Gasteiger partial charge in [-0.05, 0) is 30.0 Å². The highest BCUT2D eigenvalue weighted by Crippen LogP contribution is 2.28. The monoisotopic (exact) mass is 411 g/mol. The average molecular weight is 412 g/mol. The first-order chi connectivity index (χ1) is 13.6. The van der Waals surface area contributed by atoms with Gasteiger partial charge >= 0.3 is 5.97 Å². The second kappa shape index (κ2) is 7.57. The van der Waals surface area contributed by atoms with Gasteiger partial charge in [-0.25, -0.2) is 9.78 Å². The van der Waals surface area contributed by atoms with Gasteiger partial charge in [0.1, 0.15) is 10.6 Å². The lowest BCUT2D eigenvalue weighted by Crippen LogP contribution is -2.17. The molecule has 4 rings (SSSR count). The van der Waals surface area contributed by atoms with Crippen molar-refractivity contribution in [2.75, 3.05) is 12.4 Å². The number of rotatable bonds is 5. The number of carbonyl (C=O) groups is 2. The Labute approximate surface area is 169 Å². The first-order valence-electron chi connectivity index (χ1n) is 8.54. The Balaban J connectivity index is 1.65. The number of thiophene rings is 1. The van der Waals surface area contributed by atoms with E-state index in [1.165, 1.54) is 7.11 Å². The lowest BCUT2D eigenvalue weighted by Gasteiger charge is -2.10. The second-order valence-electron chi connectivity index (χ2n) is 6.15. The fourth-order valence-corrected chi connectivity index (χ4v) is 4.70. The van der Waals surface area contributed by atoms with Crippen LogP contribution in [0.25, 0.3) is 10.2 Å². The Bertz CT molecular complexity index is 1160. The topological polar surface area (TPSA) is 73.2 Å². The summed E-state index contributed by atoms with van der Waals surface area (Å²) in [4.78, 5) is 29.4. The third-order valence-corrected chi connectivity index (χ3v) is 6.23. The second-order valence-corrected chi connectivity index (χ2v) is 8.10. The molecule has 3 heterocycles. The van der Waals surface area contributed by atoms with Crippen molar-refractivity contribution in [2.45, 2.75) is 13.5 Å². The van der Waals surface area contributed by atoms with E-state index in [1.54, 1.807) is 18.3 Å². The smallest absolute Gasteiger partial charge is 0.350 e. The molecule has 0 aliphatic heterocycles. The maximum Gasteiger partial charge on any atom is 0.350 e. The van der Waals surface area contributed by atoms with Crippen molar-refractivity contribution < 1.29 is 14.3 Å². The molecule has 28 heavy (non-hydrogen) atoms. The number of hydrogen-bond acceptors (Lipinski definition) is 6. The molecule has 1 aromatic carbocycles. The number of anilines is 1. The zero-order valence-electron chi connectivity index (χ0n) is 15.3. The van der Waals surface area contributed by atoms with E-state index >= 15 is 0 Å². The van der Waals surface area contributed by atoms with Crippen LogP contribution in [0.4, 0.5) is 5.13 Å². The van der Waals surface area contributed by atoms with E-state index in [9.17, 15) is 9.59 Å². The minimum absolute atomic E-state index is 0.260. The van der Waals surface area contributed by atoms with Crippen LogP contribution in [0.2, 0.25) is 0 Å². The SMILES string of the molecule is COC(=O)c1sc(NC(=O)c2cc3sccc3n2Cc2ccccc2)nc1C. The number of methoxy groups -OCH3 is 1. The molecule has 1 amide bonds. The van der Waals surface area contributed by atoms with Crippen LogP contribution >= 0.6 is 22.7 Å². The highest BCUT2D eigenvalue weighted by Gasteiger charge is 2.20. The quantitative estimate of drug-likeness (QED) is 0.489. The Morgan fingerprint density at radius 2 is 2.00 bits per heavy atom. The lowest BCUT2D eigenvalue weighted by atomic mass is 10.2. The Hall–Kier alpha value is -2.97. The molecular weight excluding hydrogens is 394 g/mol. The van der Waals surface area contributed by atoms with Gasteiger partial charge in [0, 0.05) is 6.54 Å². The number of benzene rings is 1. The summed E-state index contributed by atoms with van der Waals surface area (Å²) in [5.41, 5.74) is 3.22. The molecular formula is C20H17N3O3S2. The normalized spacial score (nSPS) is 10.9. The average Bonchev–Trinajstić information content (AvgIpc) is 3.38. The molecule has 0 aliphatic rings. The number of fused-ring (bicyclic) bond motifs is 1. The molecule has 4 aromatic rings. The van der Waals surface area contributed by atoms with Gasteiger partial charge in [0.15, 0.2) is 5.13 Å². The first kappa shape index (κ1) is 18.4. The van der Waals surface area contributed by atoms with E-state index in [2.05, 4.69) is 10.3 Å². The van der Waals surface area contributed by atoms with Crippen LogP contribution in [-0.4, -0.2) is 28.5 Å². The van der Waals surface area contributed by atoms with Crippen LogP contribution in [0.15, 0.2) is 47.8 Å². The molecule has 0 atom stereocenters. The van der Waals surface area contributed by atoms with E-state index in [-0.39, 0.29) is 5.91 Å². The number of esters is 1. The van der Waals surface area contributed by atoms with Crippen LogP contribution in [0.1, 0.15) is 31.4 Å². The van der Waals surface area contributed by atoms with Crippen molar-refractivity contribution >= 4 is 49.9 Å². The van der Waals surface area contributed by atoms with E-state index in [1.807, 2.05) is 52.4 Å². The number of ether oxygens (including phenoxy) is 1. The predicted molar refractivity (Wildman–Crippen MR) is 112 cm³/mol. The van der Waals surface area contributed by atoms with Crippen molar-refractivity contribution in [2.24, 2.45) is 0 Å². The third kappa shape index (κ3) is 3.44. The molecule has 0 spiro atoms. The summed E-state index contributed by atoms with van der Waals surface area (Å²) in [6.07, 6.45) is 0. The van der Waals surface area contributed by atoms with E-state index in [0.29, 0.717) is 27.9 Å². The van der Waals surface area contributed by atoms with Gasteiger partial charge in [-0.15, -0.1) is 11.3 Å². The summed E-state index contributed by atoms with van der Waals surface area (Å²) in [6, 6.07) is 13.9. The number of aromatic nitrogens is 2. The van der Waals surface area contributed by atoms with Crippen LogP contribution in [0, 0.1) is 6.92 Å². The number of amides is 1. The molecule has 0 aliphatic carbocycles. The highest BCUT2D eigenvalue weighted by molar-refractivity contribution is 7.18. The van der Waals surface area contributed by atoms with E-state index in [4.69, 9.17) is 4.74 Å². The molecule has 3 aromatic heterocycles. The summed E-state index contributed by atoms with van der Waals surface area (Å²) < 4.78 is 7.80. The van der Waals surface area contributed by atoms with Crippen molar-refractivity contribution in [3.8, 4) is 0 Å². The molecule has 0 saturated carbocycles. The maximum atomic E-state index is 13.0.